The maximum Gasteiger partial charge on any atom is 0.150 e. The molecule has 2 heterocycles. The summed E-state index contributed by atoms with van der Waals surface area (Å²) in [5.74, 6) is 0.336. The van der Waals surface area contributed by atoms with Gasteiger partial charge in [0.2, 0.25) is 0 Å². The average molecular weight is 226 g/mol. The van der Waals surface area contributed by atoms with Crippen LogP contribution >= 0.6 is 0 Å². The molecule has 0 radical (unpaired) electrons. The molecule has 0 unspecified atom stereocenters. The van der Waals surface area contributed by atoms with Crippen molar-refractivity contribution >= 4 is 5.78 Å². The number of ether oxygens (including phenoxy) is 1. The summed E-state index contributed by atoms with van der Waals surface area (Å²) in [6, 6.07) is 0. The second-order valence-electron chi connectivity index (χ2n) is 4.99. The van der Waals surface area contributed by atoms with Gasteiger partial charge in [-0.25, -0.2) is 0 Å². The van der Waals surface area contributed by atoms with Crippen LogP contribution in [0.1, 0.15) is 19.8 Å². The molecular formula is C12H22N2O2. The number of hydrogen-bond acceptors (Lipinski definition) is 4. The monoisotopic (exact) mass is 226 g/mol. The van der Waals surface area contributed by atoms with Crippen molar-refractivity contribution in [1.29, 1.82) is 0 Å². The molecule has 2 rings (SSSR count). The molecule has 2 aliphatic heterocycles. The molecule has 92 valence electrons. The Morgan fingerprint density at radius 1 is 1.12 bits per heavy atom. The van der Waals surface area contributed by atoms with Crippen molar-refractivity contribution in [3.63, 3.8) is 0 Å². The van der Waals surface area contributed by atoms with Gasteiger partial charge in [-0.15, -0.1) is 0 Å². The van der Waals surface area contributed by atoms with Crippen LogP contribution in [0.3, 0.4) is 0 Å². The molecule has 4 nitrogen and oxygen atoms in total. The van der Waals surface area contributed by atoms with Gasteiger partial charge in [0.05, 0.1) is 18.8 Å². The summed E-state index contributed by atoms with van der Waals surface area (Å²) in [6.45, 7) is 7.15. The zero-order valence-corrected chi connectivity index (χ0v) is 10.4. The lowest BCUT2D eigenvalue weighted by Gasteiger charge is -2.48. The molecule has 0 bridgehead atoms. The van der Waals surface area contributed by atoms with Crippen molar-refractivity contribution in [2.75, 3.05) is 46.4 Å². The standard InChI is InChI=1S/C12H22N2O2/c1-11(15)12(3-5-13(2)6-4-12)14-7-9-16-10-8-14/h3-10H2,1-2H3. The minimum atomic E-state index is -0.198. The minimum Gasteiger partial charge on any atom is -0.379 e. The van der Waals surface area contributed by atoms with Crippen LogP contribution in [-0.4, -0.2) is 67.6 Å². The third kappa shape index (κ3) is 2.14. The van der Waals surface area contributed by atoms with Crippen molar-refractivity contribution in [2.45, 2.75) is 25.3 Å². The van der Waals surface area contributed by atoms with Crippen LogP contribution in [0, 0.1) is 0 Å². The van der Waals surface area contributed by atoms with E-state index in [0.717, 1.165) is 52.2 Å². The Hall–Kier alpha value is -0.450. The summed E-state index contributed by atoms with van der Waals surface area (Å²) in [6.07, 6.45) is 1.94. The molecule has 0 amide bonds. The van der Waals surface area contributed by atoms with E-state index in [1.807, 2.05) is 0 Å². The SMILES string of the molecule is CC(=O)C1(N2CCOCC2)CCN(C)CC1. The fourth-order valence-corrected chi connectivity index (χ4v) is 2.87. The van der Waals surface area contributed by atoms with Gasteiger partial charge in [0.1, 0.15) is 5.78 Å². The highest BCUT2D eigenvalue weighted by Crippen LogP contribution is 2.30. The van der Waals surface area contributed by atoms with Gasteiger partial charge in [0.15, 0.2) is 0 Å². The van der Waals surface area contributed by atoms with E-state index in [2.05, 4.69) is 16.8 Å². The number of likely N-dealkylation sites (tertiary alicyclic amines) is 1. The first-order valence-electron chi connectivity index (χ1n) is 6.17. The van der Waals surface area contributed by atoms with Crippen LogP contribution in [0.5, 0.6) is 0 Å². The highest BCUT2D eigenvalue weighted by Gasteiger charge is 2.43. The van der Waals surface area contributed by atoms with E-state index < -0.39 is 0 Å². The Morgan fingerprint density at radius 3 is 2.19 bits per heavy atom. The molecule has 2 saturated heterocycles. The molecule has 2 aliphatic rings. The van der Waals surface area contributed by atoms with Crippen LogP contribution in [0.2, 0.25) is 0 Å². The number of Topliss-reactive ketones (excluding diaryl/α,β-unsaturated/α-hetero) is 1. The zero-order valence-electron chi connectivity index (χ0n) is 10.4. The van der Waals surface area contributed by atoms with E-state index in [1.165, 1.54) is 0 Å². The summed E-state index contributed by atoms with van der Waals surface area (Å²) >= 11 is 0. The highest BCUT2D eigenvalue weighted by molar-refractivity contribution is 5.86. The quantitative estimate of drug-likeness (QED) is 0.681. The molecule has 2 fully saturated rings. The topological polar surface area (TPSA) is 32.8 Å². The van der Waals surface area contributed by atoms with E-state index in [9.17, 15) is 4.79 Å². The number of carbonyl (C=O) groups excluding carboxylic acids is 1. The van der Waals surface area contributed by atoms with Gasteiger partial charge in [-0.05, 0) is 26.8 Å². The molecule has 0 N–H and O–H groups in total. The third-order valence-electron chi connectivity index (χ3n) is 4.09. The van der Waals surface area contributed by atoms with Crippen molar-refractivity contribution in [1.82, 2.24) is 9.80 Å². The molecule has 0 aromatic rings. The number of piperidine rings is 1. The predicted molar refractivity (Wildman–Crippen MR) is 62.5 cm³/mol. The zero-order chi connectivity index (χ0) is 11.6. The van der Waals surface area contributed by atoms with Crippen molar-refractivity contribution < 1.29 is 9.53 Å². The Morgan fingerprint density at radius 2 is 1.69 bits per heavy atom. The third-order valence-corrected chi connectivity index (χ3v) is 4.09. The highest BCUT2D eigenvalue weighted by atomic mass is 16.5. The van der Waals surface area contributed by atoms with Gasteiger partial charge in [0.25, 0.3) is 0 Å². The molecule has 4 heteroatoms. The van der Waals surface area contributed by atoms with Crippen LogP contribution in [0.25, 0.3) is 0 Å². The maximum absolute atomic E-state index is 12.0. The predicted octanol–water partition coefficient (Wildman–Crippen LogP) is 0.372. The lowest BCUT2D eigenvalue weighted by atomic mass is 9.82. The number of morpholine rings is 1. The number of carbonyl (C=O) groups is 1. The lowest BCUT2D eigenvalue weighted by Crippen LogP contribution is -2.61. The van der Waals surface area contributed by atoms with E-state index in [4.69, 9.17) is 4.74 Å². The van der Waals surface area contributed by atoms with E-state index in [-0.39, 0.29) is 5.54 Å². The summed E-state index contributed by atoms with van der Waals surface area (Å²) in [5, 5.41) is 0. The van der Waals surface area contributed by atoms with Gasteiger partial charge in [-0.2, -0.15) is 0 Å². The van der Waals surface area contributed by atoms with Crippen LogP contribution in [0.15, 0.2) is 0 Å². The summed E-state index contributed by atoms with van der Waals surface area (Å²) in [4.78, 5) is 16.7. The van der Waals surface area contributed by atoms with Gasteiger partial charge in [0, 0.05) is 26.2 Å². The Bertz CT molecular complexity index is 254. The van der Waals surface area contributed by atoms with E-state index in [1.54, 1.807) is 6.92 Å². The number of hydrogen-bond donors (Lipinski definition) is 0. The van der Waals surface area contributed by atoms with Crippen LogP contribution in [-0.2, 0) is 9.53 Å². The van der Waals surface area contributed by atoms with E-state index in [0.29, 0.717) is 5.78 Å². The summed E-state index contributed by atoms with van der Waals surface area (Å²) in [7, 11) is 2.13. The normalized spacial score (nSPS) is 27.9. The first-order chi connectivity index (χ1) is 7.65. The molecule has 0 aromatic carbocycles. The Kier molecular flexibility index (Phi) is 3.62. The summed E-state index contributed by atoms with van der Waals surface area (Å²) in [5.41, 5.74) is -0.198. The second-order valence-corrected chi connectivity index (χ2v) is 4.99. The molecule has 0 aromatic heterocycles. The van der Waals surface area contributed by atoms with Crippen molar-refractivity contribution in [2.24, 2.45) is 0 Å². The smallest absolute Gasteiger partial charge is 0.150 e. The fraction of sp³-hybridized carbons (Fsp3) is 0.917. The largest absolute Gasteiger partial charge is 0.379 e. The Labute approximate surface area is 97.5 Å². The fourth-order valence-electron chi connectivity index (χ4n) is 2.87. The van der Waals surface area contributed by atoms with Gasteiger partial charge < -0.3 is 9.64 Å². The first-order valence-corrected chi connectivity index (χ1v) is 6.17. The Balaban J connectivity index is 2.11. The average Bonchev–Trinajstić information content (AvgIpc) is 2.31. The minimum absolute atomic E-state index is 0.198. The van der Waals surface area contributed by atoms with Crippen molar-refractivity contribution in [3.05, 3.63) is 0 Å². The van der Waals surface area contributed by atoms with Crippen molar-refractivity contribution in [3.8, 4) is 0 Å². The van der Waals surface area contributed by atoms with Crippen LogP contribution in [0.4, 0.5) is 0 Å². The maximum atomic E-state index is 12.0. The number of nitrogens with zero attached hydrogens (tertiary/aromatic N) is 2. The summed E-state index contributed by atoms with van der Waals surface area (Å²) < 4.78 is 5.37. The van der Waals surface area contributed by atoms with Gasteiger partial charge >= 0.3 is 0 Å². The molecular weight excluding hydrogens is 204 g/mol. The molecule has 0 aliphatic carbocycles. The molecule has 0 atom stereocenters. The van der Waals surface area contributed by atoms with E-state index >= 15 is 0 Å². The molecule has 0 saturated carbocycles. The van der Waals surface area contributed by atoms with Crippen LogP contribution < -0.4 is 0 Å². The molecule has 0 spiro atoms. The lowest BCUT2D eigenvalue weighted by molar-refractivity contribution is -0.136. The molecule has 16 heavy (non-hydrogen) atoms. The van der Waals surface area contributed by atoms with Gasteiger partial charge in [-0.3, -0.25) is 9.69 Å². The number of ketones is 1. The first kappa shape index (κ1) is 12.0. The second kappa shape index (κ2) is 4.82. The van der Waals surface area contributed by atoms with Gasteiger partial charge in [-0.1, -0.05) is 0 Å². The number of rotatable bonds is 2.